The Morgan fingerprint density at radius 3 is 2.89 bits per heavy atom. The van der Waals surface area contributed by atoms with Gasteiger partial charge in [-0.25, -0.2) is 0 Å². The molecule has 1 aliphatic carbocycles. The van der Waals surface area contributed by atoms with Crippen LogP contribution in [0.25, 0.3) is 0 Å². The van der Waals surface area contributed by atoms with Crippen molar-refractivity contribution < 1.29 is 19.8 Å². The molecular weight excluding hydrogens is 192 g/mol. The SMILES string of the molecule is CCCC1=[C]([Mo])CC=C1. The van der Waals surface area contributed by atoms with E-state index in [2.05, 4.69) is 38.9 Å². The van der Waals surface area contributed by atoms with E-state index in [9.17, 15) is 0 Å². The molecular formula is C8H11Mo. The molecule has 0 fully saturated rings. The Labute approximate surface area is 67.9 Å². The predicted molar refractivity (Wildman–Crippen MR) is 35.7 cm³/mol. The van der Waals surface area contributed by atoms with Crippen LogP contribution in [0, 0.1) is 0 Å². The zero-order valence-electron chi connectivity index (χ0n) is 5.68. The van der Waals surface area contributed by atoms with Gasteiger partial charge < -0.3 is 0 Å². The van der Waals surface area contributed by atoms with Crippen LogP contribution < -0.4 is 0 Å². The van der Waals surface area contributed by atoms with Gasteiger partial charge in [0.15, 0.2) is 0 Å². The second kappa shape index (κ2) is 3.37. The second-order valence-electron chi connectivity index (χ2n) is 2.30. The summed E-state index contributed by atoms with van der Waals surface area (Å²) in [5.41, 5.74) is 1.57. The molecule has 0 radical (unpaired) electrons. The fourth-order valence-corrected chi connectivity index (χ4v) is 1.68. The van der Waals surface area contributed by atoms with Gasteiger partial charge >= 0.3 is 67.7 Å². The van der Waals surface area contributed by atoms with Gasteiger partial charge in [0.05, 0.1) is 0 Å². The minimum atomic E-state index is 1.19. The van der Waals surface area contributed by atoms with Crippen molar-refractivity contribution in [1.29, 1.82) is 0 Å². The standard InChI is InChI=1S/C8H11.Mo/c1-2-5-8-6-3-4-7-8;/h3,6H,2,4-5H2,1H3;. The van der Waals surface area contributed by atoms with Crippen molar-refractivity contribution in [3.8, 4) is 0 Å². The third-order valence-corrected chi connectivity index (χ3v) is 2.55. The first-order valence-corrected chi connectivity index (χ1v) is 4.40. The summed E-state index contributed by atoms with van der Waals surface area (Å²) >= 11 is 2.16. The molecule has 1 rings (SSSR count). The van der Waals surface area contributed by atoms with E-state index >= 15 is 0 Å². The summed E-state index contributed by atoms with van der Waals surface area (Å²) in [6.07, 6.45) is 8.26. The van der Waals surface area contributed by atoms with E-state index in [1.54, 1.807) is 9.54 Å². The van der Waals surface area contributed by atoms with Crippen molar-refractivity contribution in [1.82, 2.24) is 0 Å². The molecule has 0 bridgehead atoms. The molecule has 0 amide bonds. The van der Waals surface area contributed by atoms with Gasteiger partial charge in [-0.05, 0) is 0 Å². The van der Waals surface area contributed by atoms with E-state index in [0.717, 1.165) is 0 Å². The Morgan fingerprint density at radius 2 is 2.44 bits per heavy atom. The Morgan fingerprint density at radius 1 is 1.67 bits per heavy atom. The van der Waals surface area contributed by atoms with Crippen LogP contribution in [-0.2, 0) is 19.8 Å². The number of allylic oxidation sites excluding steroid dienone is 4. The van der Waals surface area contributed by atoms with Crippen LogP contribution in [0.1, 0.15) is 26.2 Å². The molecule has 9 heavy (non-hydrogen) atoms. The van der Waals surface area contributed by atoms with Gasteiger partial charge in [-0.2, -0.15) is 0 Å². The number of hydrogen-bond donors (Lipinski definition) is 0. The first-order valence-electron chi connectivity index (χ1n) is 3.40. The normalized spacial score (nSPS) is 17.4. The molecule has 0 aromatic carbocycles. The molecule has 0 N–H and O–H groups in total. The second-order valence-corrected chi connectivity index (χ2v) is 3.52. The first kappa shape index (κ1) is 7.28. The van der Waals surface area contributed by atoms with Crippen molar-refractivity contribution in [2.45, 2.75) is 26.2 Å². The van der Waals surface area contributed by atoms with E-state index in [-0.39, 0.29) is 0 Å². The maximum absolute atomic E-state index is 2.27. The summed E-state index contributed by atoms with van der Waals surface area (Å²) in [7, 11) is 0. The van der Waals surface area contributed by atoms with Crippen LogP contribution in [0.4, 0.5) is 0 Å². The monoisotopic (exact) mass is 205 g/mol. The average Bonchev–Trinajstić information content (AvgIpc) is 2.18. The van der Waals surface area contributed by atoms with Crippen molar-refractivity contribution in [2.24, 2.45) is 0 Å². The van der Waals surface area contributed by atoms with Gasteiger partial charge in [0.25, 0.3) is 0 Å². The molecule has 0 saturated carbocycles. The zero-order chi connectivity index (χ0) is 6.69. The zero-order valence-corrected chi connectivity index (χ0v) is 7.69. The van der Waals surface area contributed by atoms with Crippen molar-refractivity contribution in [3.05, 3.63) is 21.7 Å². The first-order chi connectivity index (χ1) is 4.34. The van der Waals surface area contributed by atoms with E-state index in [4.69, 9.17) is 0 Å². The van der Waals surface area contributed by atoms with Gasteiger partial charge in [-0.15, -0.1) is 0 Å². The van der Waals surface area contributed by atoms with Crippen LogP contribution in [0.15, 0.2) is 21.7 Å². The van der Waals surface area contributed by atoms with E-state index in [0.29, 0.717) is 0 Å². The molecule has 0 aromatic heterocycles. The molecule has 0 saturated heterocycles. The summed E-state index contributed by atoms with van der Waals surface area (Å²) in [6, 6.07) is 0. The third kappa shape index (κ3) is 1.79. The van der Waals surface area contributed by atoms with Crippen LogP contribution in [0.3, 0.4) is 0 Å². The van der Waals surface area contributed by atoms with Gasteiger partial charge in [0.1, 0.15) is 0 Å². The summed E-state index contributed by atoms with van der Waals surface area (Å²) in [5.74, 6) is 0. The maximum atomic E-state index is 2.27. The molecule has 0 heterocycles. The third-order valence-electron chi connectivity index (χ3n) is 1.50. The Hall–Kier alpha value is 0.168. The Kier molecular flexibility index (Phi) is 2.72. The summed E-state index contributed by atoms with van der Waals surface area (Å²) in [6.45, 7) is 2.23. The van der Waals surface area contributed by atoms with Crippen molar-refractivity contribution in [2.75, 3.05) is 0 Å². The molecule has 1 aliphatic rings. The van der Waals surface area contributed by atoms with Gasteiger partial charge in [0, 0.05) is 0 Å². The van der Waals surface area contributed by atoms with Crippen molar-refractivity contribution in [3.63, 3.8) is 0 Å². The van der Waals surface area contributed by atoms with E-state index < -0.39 is 0 Å². The van der Waals surface area contributed by atoms with Crippen molar-refractivity contribution >= 4 is 0 Å². The van der Waals surface area contributed by atoms with Crippen LogP contribution in [0.2, 0.25) is 0 Å². The quantitative estimate of drug-likeness (QED) is 0.605. The molecule has 0 nitrogen and oxygen atoms in total. The average molecular weight is 203 g/mol. The predicted octanol–water partition coefficient (Wildman–Crippen LogP) is 2.55. The van der Waals surface area contributed by atoms with Gasteiger partial charge in [0.2, 0.25) is 0 Å². The topological polar surface area (TPSA) is 0 Å². The Bertz CT molecular complexity index is 154. The molecule has 49 valence electrons. The minimum absolute atomic E-state index is 1.19. The van der Waals surface area contributed by atoms with Crippen LogP contribution >= 0.6 is 0 Å². The van der Waals surface area contributed by atoms with E-state index in [1.807, 2.05) is 0 Å². The molecule has 0 aromatic rings. The van der Waals surface area contributed by atoms with Crippen LogP contribution in [-0.4, -0.2) is 0 Å². The summed E-state index contributed by atoms with van der Waals surface area (Å²) in [5, 5.41) is 0. The van der Waals surface area contributed by atoms with E-state index in [1.165, 1.54) is 19.3 Å². The number of rotatable bonds is 2. The molecule has 0 unspecified atom stereocenters. The molecule has 1 heteroatoms. The molecule has 0 spiro atoms. The summed E-state index contributed by atoms with van der Waals surface area (Å²) in [4.78, 5) is 0. The van der Waals surface area contributed by atoms with Gasteiger partial charge in [-0.1, -0.05) is 0 Å². The fraction of sp³-hybridized carbons (Fsp3) is 0.500. The fourth-order valence-electron chi connectivity index (χ4n) is 1.02. The summed E-state index contributed by atoms with van der Waals surface area (Å²) < 4.78 is 1.58. The molecule has 0 atom stereocenters. The molecule has 0 aliphatic heterocycles. The Balaban J connectivity index is 2.54. The number of hydrogen-bond acceptors (Lipinski definition) is 0. The van der Waals surface area contributed by atoms with Gasteiger partial charge in [-0.3, -0.25) is 0 Å². The van der Waals surface area contributed by atoms with Crippen LogP contribution in [0.5, 0.6) is 0 Å².